The summed E-state index contributed by atoms with van der Waals surface area (Å²) >= 11 is 1.75. The third-order valence-electron chi connectivity index (χ3n) is 8.86. The summed E-state index contributed by atoms with van der Waals surface area (Å²) in [5, 5.41) is 4.72. The second kappa shape index (κ2) is 26.2. The number of nitrogens with one attached hydrogen (secondary N) is 1. The first-order valence-electron chi connectivity index (χ1n) is 18.2. The van der Waals surface area contributed by atoms with Gasteiger partial charge in [-0.2, -0.15) is 4.57 Å². The number of nitrogens with zero attached hydrogens (tertiary/aromatic N) is 1. The number of unbranched alkanes of at least 4 members (excludes halogenated alkanes) is 16. The molecule has 0 bridgehead atoms. The monoisotopic (exact) mass is 720 g/mol. The van der Waals surface area contributed by atoms with Crippen LogP contribution in [0.1, 0.15) is 135 Å². The Morgan fingerprint density at radius 1 is 0.739 bits per heavy atom. The fourth-order valence-electron chi connectivity index (χ4n) is 6.08. The van der Waals surface area contributed by atoms with Crippen LogP contribution in [0.3, 0.4) is 0 Å². The van der Waals surface area contributed by atoms with Gasteiger partial charge in [0.25, 0.3) is 0 Å². The first-order chi connectivity index (χ1) is 22.2. The van der Waals surface area contributed by atoms with Gasteiger partial charge in [-0.15, -0.1) is 11.8 Å². The number of halogens is 1. The molecule has 1 aliphatic rings. The van der Waals surface area contributed by atoms with E-state index in [1.165, 1.54) is 107 Å². The van der Waals surface area contributed by atoms with Crippen LogP contribution < -0.4 is 26.9 Å². The molecule has 1 N–H and O–H groups in total. The molecule has 1 fully saturated rings. The molecule has 1 saturated heterocycles. The van der Waals surface area contributed by atoms with E-state index >= 15 is 0 Å². The number of amides is 1. The van der Waals surface area contributed by atoms with Crippen LogP contribution in [0, 0.1) is 0 Å². The van der Waals surface area contributed by atoms with Gasteiger partial charge in [0.2, 0.25) is 5.52 Å². The molecule has 3 rings (SSSR count). The molecular weight excluding hydrogens is 660 g/mol. The number of esters is 1. The van der Waals surface area contributed by atoms with E-state index in [9.17, 15) is 9.59 Å². The van der Waals surface area contributed by atoms with Crippen LogP contribution in [0.15, 0.2) is 42.6 Å². The van der Waals surface area contributed by atoms with Crippen molar-refractivity contribution in [1.82, 2.24) is 5.32 Å². The van der Waals surface area contributed by atoms with Crippen molar-refractivity contribution in [1.29, 1.82) is 0 Å². The topological polar surface area (TPSA) is 68.5 Å². The van der Waals surface area contributed by atoms with E-state index in [-0.39, 0.29) is 29.0 Å². The predicted molar refractivity (Wildman–Crippen MR) is 188 cm³/mol. The summed E-state index contributed by atoms with van der Waals surface area (Å²) in [6.45, 7) is 4.73. The van der Waals surface area contributed by atoms with E-state index in [0.29, 0.717) is 36.7 Å². The van der Waals surface area contributed by atoms with Crippen molar-refractivity contribution in [3.63, 3.8) is 0 Å². The van der Waals surface area contributed by atoms with E-state index in [0.717, 1.165) is 32.2 Å². The highest BCUT2D eigenvalue weighted by Crippen LogP contribution is 2.36. The molecule has 2 heterocycles. The summed E-state index contributed by atoms with van der Waals surface area (Å²) in [7, 11) is 0. The molecule has 2 atom stereocenters. The van der Waals surface area contributed by atoms with Gasteiger partial charge in [0.1, 0.15) is 19.8 Å². The number of para-hydroxylation sites is 1. The van der Waals surface area contributed by atoms with Crippen LogP contribution in [0.2, 0.25) is 0 Å². The fourth-order valence-corrected chi connectivity index (χ4v) is 7.24. The maximum Gasteiger partial charge on any atom is 0.407 e. The Kier molecular flexibility index (Phi) is 23.0. The minimum absolute atomic E-state index is 0. The SMILES string of the molecule is CCCCCCCCCCCCCCCCCCNC(=O)OC[C@H]1C[C@H](COC(=O)CCCC[n+]2cccc3ccccc32)S1.[Br-]. The number of hydrogen-bond donors (Lipinski definition) is 1. The number of hydrogen-bond acceptors (Lipinski definition) is 5. The number of aryl methyl sites for hydroxylation is 1. The molecule has 1 amide bonds. The van der Waals surface area contributed by atoms with Crippen molar-refractivity contribution in [2.45, 2.75) is 152 Å². The van der Waals surface area contributed by atoms with E-state index < -0.39 is 0 Å². The molecule has 6 nitrogen and oxygen atoms in total. The molecule has 2 aromatic rings. The fraction of sp³-hybridized carbons (Fsp3) is 0.711. The van der Waals surface area contributed by atoms with Crippen LogP contribution in [0.5, 0.6) is 0 Å². The van der Waals surface area contributed by atoms with Crippen molar-refractivity contribution in [3.8, 4) is 0 Å². The summed E-state index contributed by atoms with van der Waals surface area (Å²) in [4.78, 5) is 24.2. The molecule has 46 heavy (non-hydrogen) atoms. The van der Waals surface area contributed by atoms with Crippen molar-refractivity contribution >= 4 is 34.7 Å². The molecular formula is C38H61BrN2O4S. The lowest BCUT2D eigenvalue weighted by Gasteiger charge is -2.33. The van der Waals surface area contributed by atoms with Crippen molar-refractivity contribution in [2.75, 3.05) is 19.8 Å². The Hall–Kier alpha value is -1.80. The Morgan fingerprint density at radius 2 is 1.28 bits per heavy atom. The van der Waals surface area contributed by atoms with Gasteiger partial charge >= 0.3 is 12.1 Å². The second-order valence-corrected chi connectivity index (χ2v) is 14.5. The van der Waals surface area contributed by atoms with Crippen LogP contribution in [0.4, 0.5) is 4.79 Å². The molecule has 1 aromatic carbocycles. The Bertz CT molecular complexity index is 1080. The van der Waals surface area contributed by atoms with Gasteiger partial charge in [-0.1, -0.05) is 115 Å². The molecule has 0 unspecified atom stereocenters. The summed E-state index contributed by atoms with van der Waals surface area (Å²) in [6, 6.07) is 12.6. The number of carbonyl (C=O) groups is 2. The van der Waals surface area contributed by atoms with Gasteiger partial charge in [-0.05, 0) is 31.4 Å². The van der Waals surface area contributed by atoms with Crippen LogP contribution in [0.25, 0.3) is 10.9 Å². The van der Waals surface area contributed by atoms with Crippen molar-refractivity contribution < 1.29 is 40.6 Å². The lowest BCUT2D eigenvalue weighted by atomic mass is 10.0. The van der Waals surface area contributed by atoms with Gasteiger partial charge in [0.05, 0.1) is 0 Å². The summed E-state index contributed by atoms with van der Waals surface area (Å²) < 4.78 is 13.1. The van der Waals surface area contributed by atoms with E-state index in [2.05, 4.69) is 59.4 Å². The molecule has 8 heteroatoms. The Labute approximate surface area is 294 Å². The third-order valence-corrected chi connectivity index (χ3v) is 10.3. The summed E-state index contributed by atoms with van der Waals surface area (Å²) in [5.41, 5.74) is 1.22. The van der Waals surface area contributed by atoms with Gasteiger partial charge in [0.15, 0.2) is 6.20 Å². The zero-order chi connectivity index (χ0) is 31.8. The molecule has 1 aromatic heterocycles. The maximum absolute atomic E-state index is 12.2. The van der Waals surface area contributed by atoms with E-state index in [4.69, 9.17) is 9.47 Å². The summed E-state index contributed by atoms with van der Waals surface area (Å²) in [5.74, 6) is -0.119. The number of rotatable bonds is 26. The normalized spacial score (nSPS) is 15.6. The first-order valence-corrected chi connectivity index (χ1v) is 19.2. The van der Waals surface area contributed by atoms with E-state index in [1.807, 2.05) is 0 Å². The number of aromatic nitrogens is 1. The predicted octanol–water partition coefficient (Wildman–Crippen LogP) is 6.71. The number of alkyl carbamates (subject to hydrolysis) is 1. The Morgan fingerprint density at radius 3 is 1.91 bits per heavy atom. The molecule has 0 spiro atoms. The Balaban J connectivity index is 0.00000736. The molecule has 0 radical (unpaired) electrons. The first kappa shape index (κ1) is 40.4. The third kappa shape index (κ3) is 17.9. The number of benzene rings is 1. The maximum atomic E-state index is 12.2. The summed E-state index contributed by atoms with van der Waals surface area (Å²) in [6.07, 6.45) is 26.5. The molecule has 0 aliphatic carbocycles. The number of pyridine rings is 1. The number of ether oxygens (including phenoxy) is 2. The molecule has 260 valence electrons. The van der Waals surface area contributed by atoms with Gasteiger partial charge < -0.3 is 31.8 Å². The molecule has 1 aliphatic heterocycles. The van der Waals surface area contributed by atoms with Gasteiger partial charge in [-0.3, -0.25) is 4.79 Å². The second-order valence-electron chi connectivity index (χ2n) is 12.8. The van der Waals surface area contributed by atoms with Gasteiger partial charge in [-0.25, -0.2) is 4.79 Å². The highest BCUT2D eigenvalue weighted by molar-refractivity contribution is 8.01. The lowest BCUT2D eigenvalue weighted by Crippen LogP contribution is -3.00. The minimum atomic E-state index is -0.312. The quantitative estimate of drug-likeness (QED) is 0.0666. The number of carbonyl (C=O) groups excluding carboxylic acids is 2. The lowest BCUT2D eigenvalue weighted by molar-refractivity contribution is -0.671. The van der Waals surface area contributed by atoms with E-state index in [1.54, 1.807) is 11.8 Å². The average molecular weight is 722 g/mol. The zero-order valence-electron chi connectivity index (χ0n) is 28.5. The van der Waals surface area contributed by atoms with Crippen molar-refractivity contribution in [3.05, 3.63) is 42.6 Å². The molecule has 0 saturated carbocycles. The smallest absolute Gasteiger partial charge is 0.407 e. The van der Waals surface area contributed by atoms with Crippen molar-refractivity contribution in [2.24, 2.45) is 0 Å². The standard InChI is InChI=1S/C38H60N2O4S.BrH/c1-2-3-4-5-6-7-8-9-10-11-12-13-14-15-16-20-27-39-38(42)44-32-35-30-34(45-35)31-43-37(41)26-19-21-28-40-29-22-24-33-23-17-18-25-36(33)40;/h17-18,22-25,29,34-35H,2-16,19-21,26-28,30-32H2,1H3;1H/t34-,35-;/m1./s1. The average Bonchev–Trinajstić information content (AvgIpc) is 3.03. The highest BCUT2D eigenvalue weighted by atomic mass is 79.9. The van der Waals surface area contributed by atoms with Crippen LogP contribution in [-0.2, 0) is 20.8 Å². The largest absolute Gasteiger partial charge is 1.00 e. The number of thioether (sulfide) groups is 1. The highest BCUT2D eigenvalue weighted by Gasteiger charge is 2.31. The number of fused-ring (bicyclic) bond motifs is 1. The van der Waals surface area contributed by atoms with Crippen LogP contribution in [-0.4, -0.2) is 42.3 Å². The minimum Gasteiger partial charge on any atom is -1.00 e. The van der Waals surface area contributed by atoms with Crippen LogP contribution >= 0.6 is 11.8 Å². The zero-order valence-corrected chi connectivity index (χ0v) is 30.9. The van der Waals surface area contributed by atoms with Gasteiger partial charge in [0, 0.05) is 47.4 Å².